The summed E-state index contributed by atoms with van der Waals surface area (Å²) in [5.74, 6) is 3.13. The second-order valence-electron chi connectivity index (χ2n) is 35.7. The van der Waals surface area contributed by atoms with Crippen molar-refractivity contribution in [3.63, 3.8) is 0 Å². The Morgan fingerprint density at radius 1 is 0.270 bits per heavy atom. The van der Waals surface area contributed by atoms with Gasteiger partial charge >= 0.3 is 0 Å². The van der Waals surface area contributed by atoms with Crippen molar-refractivity contribution in [1.29, 1.82) is 0 Å². The lowest BCUT2D eigenvalue weighted by atomic mass is 9.92. The summed E-state index contributed by atoms with van der Waals surface area (Å²) < 4.78 is 119. The van der Waals surface area contributed by atoms with Crippen molar-refractivity contribution >= 4 is 0 Å². The Morgan fingerprint density at radius 2 is 0.611 bits per heavy atom. The van der Waals surface area contributed by atoms with Gasteiger partial charge in [-0.2, -0.15) is 0 Å². The average Bonchev–Trinajstić information content (AvgIpc) is 1.05. The van der Waals surface area contributed by atoms with Crippen LogP contribution in [0.2, 0.25) is 0 Å². The number of benzene rings is 7. The third-order valence-corrected chi connectivity index (χ3v) is 26.5. The van der Waals surface area contributed by atoms with E-state index >= 15 is 0 Å². The normalized spacial score (nSPS) is 15.9. The summed E-state index contributed by atoms with van der Waals surface area (Å²) in [5, 5.41) is 0. The zero-order valence-electron chi connectivity index (χ0n) is 92.2. The predicted octanol–water partition coefficient (Wildman–Crippen LogP) is 27.3. The van der Waals surface area contributed by atoms with Crippen LogP contribution in [-0.4, -0.2) is 4.98 Å². The van der Waals surface area contributed by atoms with Crippen LogP contribution in [0.5, 0.6) is 0 Å². The molecular weight excluding hydrogens is 1530 g/mol. The molecule has 0 radical (unpaired) electrons. The van der Waals surface area contributed by atoms with Crippen LogP contribution in [0.4, 0.5) is 0 Å². The van der Waals surface area contributed by atoms with Crippen LogP contribution in [0.1, 0.15) is 258 Å². The van der Waals surface area contributed by atoms with Gasteiger partial charge in [0.15, 0.2) is 37.2 Å². The molecule has 0 amide bonds. The topological polar surface area (TPSA) is 36.2 Å². The van der Waals surface area contributed by atoms with Gasteiger partial charge in [0.25, 0.3) is 0 Å². The van der Waals surface area contributed by atoms with Crippen molar-refractivity contribution in [2.45, 2.75) is 236 Å². The molecule has 7 nitrogen and oxygen atoms in total. The van der Waals surface area contributed by atoms with Crippen LogP contribution in [0, 0.1) is 96.6 Å². The molecule has 0 atom stereocenters. The van der Waals surface area contributed by atoms with Gasteiger partial charge < -0.3 is 0 Å². The van der Waals surface area contributed by atoms with E-state index in [0.717, 1.165) is 74.0 Å². The van der Waals surface area contributed by atoms with Gasteiger partial charge in [0.2, 0.25) is 34.2 Å². The first kappa shape index (κ1) is 75.9. The lowest BCUT2D eigenvalue weighted by molar-refractivity contribution is -0.661. The molecule has 0 aliphatic heterocycles. The lowest BCUT2D eigenvalue weighted by Crippen LogP contribution is -2.32. The number of pyridine rings is 7. The van der Waals surface area contributed by atoms with Gasteiger partial charge in [-0.25, -0.2) is 27.4 Å². The van der Waals surface area contributed by atoms with E-state index in [1.165, 1.54) is 224 Å². The zero-order chi connectivity index (χ0) is 101. The van der Waals surface area contributed by atoms with Gasteiger partial charge in [-0.1, -0.05) is 192 Å². The number of nitrogens with zero attached hydrogens (tertiary/aromatic N) is 7. The molecule has 4 aliphatic rings. The molecule has 4 fully saturated rings. The molecule has 126 heavy (non-hydrogen) atoms. The molecule has 7 aromatic heterocycles. The fourth-order valence-electron chi connectivity index (χ4n) is 19.0. The molecule has 0 bridgehead atoms. The number of hydrogen-bond acceptors (Lipinski definition) is 1. The van der Waals surface area contributed by atoms with E-state index in [9.17, 15) is 0 Å². The van der Waals surface area contributed by atoms with E-state index in [2.05, 4.69) is 251 Å². The van der Waals surface area contributed by atoms with Gasteiger partial charge in [0.1, 0.15) is 42.3 Å². The largest absolute Gasteiger partial charge is 0.256 e. The van der Waals surface area contributed by atoms with Crippen molar-refractivity contribution in [3.8, 4) is 78.8 Å². The van der Waals surface area contributed by atoms with Crippen molar-refractivity contribution in [1.82, 2.24) is 4.98 Å². The summed E-state index contributed by atoms with van der Waals surface area (Å²) in [6.07, 6.45) is 33.9. The van der Waals surface area contributed by atoms with Gasteiger partial charge in [-0.05, 0) is 304 Å². The Bertz CT molecular complexity index is 6490. The highest BCUT2D eigenvalue weighted by Crippen LogP contribution is 2.41. The minimum absolute atomic E-state index is 0.0554. The van der Waals surface area contributed by atoms with E-state index in [4.69, 9.17) is 19.2 Å². The quantitative estimate of drug-likeness (QED) is 0.112. The van der Waals surface area contributed by atoms with Gasteiger partial charge in [0, 0.05) is 135 Å². The fraction of sp³-hybridized carbons (Fsp3) is 0.353. The van der Waals surface area contributed by atoms with E-state index in [-0.39, 0.29) is 22.3 Å². The summed E-state index contributed by atoms with van der Waals surface area (Å²) >= 11 is 0. The molecule has 7 aromatic carbocycles. The van der Waals surface area contributed by atoms with Gasteiger partial charge in [-0.3, -0.25) is 4.98 Å². The summed E-state index contributed by atoms with van der Waals surface area (Å²) in [4.78, 5) is 4.28. The standard InChI is InChI=1S/2C19H24N.2C18H22N.C16H20N.C15H18N.C14H15N/c1-14-8-4-7-11-17(14)19-12-18(15(2)13-20(19)3)16-9-5-6-10-16;1-14-8-4-7-11-17(14)19-12-15(2)18(13-20(19)3)16-9-5-6-10-16;1-14-7-3-6-10-17(14)18-13-16(11-12-19(18)2)15-8-4-5-9-15;1-14-7-3-6-10-17(14)18-12-11-16(13-19(18)2)15-8-4-5-9-15;1-5-14-10-16(17(4)11-13(14)3)15-9-7-6-8-12(15)2;1-11-7-5-6-8-14(11)15-9-12(2)13(3)10-16(15)4;1-10-6-4-5-7-13(10)14-8-11(2)12(3)9-15-14/h2*4,7-8,11-13,16H,5-6,9-10H2,1-3H3;2*3,6-7,10-13,15H,4-5,8-9H2,1-2H3;6-11H,5H2,1-4H3;5-10H,1-4H3;4-9H,1-3H3/q6*+1;/i;;;;3D3,5D2;2D3,3D3;3D3. The van der Waals surface area contributed by atoms with Crippen LogP contribution in [0.25, 0.3) is 78.8 Å². The molecule has 4 aliphatic carbocycles. The maximum atomic E-state index is 7.98. The third-order valence-electron chi connectivity index (χ3n) is 26.5. The van der Waals surface area contributed by atoms with E-state index in [0.29, 0.717) is 11.3 Å². The smallest absolute Gasteiger partial charge is 0.212 e. The number of aromatic nitrogens is 7. The van der Waals surface area contributed by atoms with Gasteiger partial charge in [-0.15, -0.1) is 0 Å². The van der Waals surface area contributed by atoms with Crippen LogP contribution in [0.15, 0.2) is 268 Å². The van der Waals surface area contributed by atoms with E-state index < -0.39 is 33.8 Å². The monoisotopic (exact) mass is 1690 g/mol. The van der Waals surface area contributed by atoms with Crippen molar-refractivity contribution in [2.24, 2.45) is 42.3 Å². The van der Waals surface area contributed by atoms with Crippen molar-refractivity contribution < 1.29 is 46.6 Å². The molecule has 650 valence electrons. The maximum absolute atomic E-state index is 7.98. The first-order chi connectivity index (χ1) is 66.3. The summed E-state index contributed by atoms with van der Waals surface area (Å²) in [7, 11) is 12.2. The Morgan fingerprint density at radius 3 is 1.02 bits per heavy atom. The first-order valence-electron chi connectivity index (χ1n) is 52.7. The highest BCUT2D eigenvalue weighted by molar-refractivity contribution is 5.68. The summed E-state index contributed by atoms with van der Waals surface area (Å²) in [5.41, 5.74) is 34.6. The minimum Gasteiger partial charge on any atom is -0.256 e. The van der Waals surface area contributed by atoms with Crippen LogP contribution < -0.4 is 27.4 Å². The van der Waals surface area contributed by atoms with E-state index in [1.54, 1.807) is 40.4 Å². The molecule has 7 heteroatoms. The Hall–Kier alpha value is -11.4. The van der Waals surface area contributed by atoms with Gasteiger partial charge in [0.05, 0.1) is 5.69 Å². The van der Waals surface area contributed by atoms with Crippen molar-refractivity contribution in [2.75, 3.05) is 0 Å². The fourth-order valence-corrected chi connectivity index (χ4v) is 19.0. The molecule has 14 aromatic rings. The van der Waals surface area contributed by atoms with E-state index in [1.807, 2.05) is 107 Å². The Labute approximate surface area is 778 Å². The average molecular weight is 1690 g/mol. The second-order valence-corrected chi connectivity index (χ2v) is 35.7. The summed E-state index contributed by atoms with van der Waals surface area (Å²) in [6.45, 7) is 13.0. The zero-order valence-corrected chi connectivity index (χ0v) is 78.2. The highest BCUT2D eigenvalue weighted by atomic mass is 14.9. The Balaban J connectivity index is 0.000000146. The molecule has 0 spiro atoms. The number of rotatable bonds is 12. The van der Waals surface area contributed by atoms with Crippen LogP contribution in [0.3, 0.4) is 0 Å². The molecule has 0 unspecified atom stereocenters. The maximum Gasteiger partial charge on any atom is 0.212 e. The van der Waals surface area contributed by atoms with Crippen molar-refractivity contribution in [3.05, 3.63) is 374 Å². The molecule has 0 saturated heterocycles. The third kappa shape index (κ3) is 23.8. The predicted molar refractivity (Wildman–Crippen MR) is 529 cm³/mol. The highest BCUT2D eigenvalue weighted by Gasteiger charge is 2.28. The molecule has 0 N–H and O–H groups in total. The Kier molecular flexibility index (Phi) is 26.9. The molecular formula is C119H145N7+6. The number of hydrogen-bond donors (Lipinski definition) is 0. The first-order valence-corrected chi connectivity index (χ1v) is 45.7. The van der Waals surface area contributed by atoms with Crippen LogP contribution >= 0.6 is 0 Å². The SMILES string of the molecule is Cc1ccccc1-c1cc(C)c(C2CCCC2)c[n+]1C.Cc1ccccc1-c1cc(C2CCCC2)c(C)c[n+]1C.Cc1ccccc1-c1cc(C2CCCC2)cc[n+]1C.Cc1ccccc1-c1ccc(C2CCCC2)c[n+]1C.[2H]C([2H])([2H])c1c[n+](C)c(-c2ccccc2C)cc1C([2H])([2H])C.[2H]C([2H])([2H])c1cc(-c2ccccc2C)[n+](C)cc1C([2H])([2H])[2H].[2H]C([2H])([2H])c1cnc(-c2ccccc2C)cc1C. The van der Waals surface area contributed by atoms with Crippen LogP contribution in [-0.2, 0) is 48.7 Å². The molecule has 4 saturated carbocycles. The summed E-state index contributed by atoms with van der Waals surface area (Å²) in [6, 6.07) is 77.0. The molecule has 18 rings (SSSR count). The second kappa shape index (κ2) is 44.6. The minimum atomic E-state index is -2.48. The number of aryl methyl sites for hydroxylation is 21. The molecule has 7 heterocycles. The lowest BCUT2D eigenvalue weighted by Gasteiger charge is -2.14.